The van der Waals surface area contributed by atoms with E-state index in [2.05, 4.69) is 72.8 Å². The number of rotatable bonds is 12. The van der Waals surface area contributed by atoms with Crippen LogP contribution in [0.5, 0.6) is 23.0 Å². The molecule has 228 valence electrons. The maximum absolute atomic E-state index is 5.43. The highest BCUT2D eigenvalue weighted by molar-refractivity contribution is 8.04. The third kappa shape index (κ3) is 7.34. The molecule has 0 atom stereocenters. The van der Waals surface area contributed by atoms with Gasteiger partial charge in [-0.15, -0.1) is 0 Å². The smallest absolute Gasteiger partial charge is 0.221 e. The van der Waals surface area contributed by atoms with Crippen molar-refractivity contribution in [3.8, 4) is 23.0 Å². The molecule has 9 heteroatoms. The summed E-state index contributed by atoms with van der Waals surface area (Å²) in [6.45, 7) is 0. The minimum absolute atomic E-state index is 0.252. The lowest BCUT2D eigenvalue weighted by Gasteiger charge is -2.08. The second-order valence-electron chi connectivity index (χ2n) is 9.56. The SMILES string of the molecule is COc1ccc([S+](c2ccc(OC)cc2)c2ccc(Sc3ccc([S+](c4ccc(OC)cc4)c4ccc(OC)cc4)s3)s2)cc1. The zero-order chi connectivity index (χ0) is 31.2. The van der Waals surface area contributed by atoms with Crippen LogP contribution in [0.2, 0.25) is 0 Å². The lowest BCUT2D eigenvalue weighted by Crippen LogP contribution is -2.03. The number of ether oxygens (including phenoxy) is 4. The number of hydrogen-bond donors (Lipinski definition) is 0. The van der Waals surface area contributed by atoms with E-state index in [1.807, 2.05) is 83.0 Å². The van der Waals surface area contributed by atoms with Gasteiger partial charge in [0, 0.05) is 12.1 Å². The van der Waals surface area contributed by atoms with Gasteiger partial charge in [-0.2, -0.15) is 0 Å². The molecule has 0 aliphatic carbocycles. The van der Waals surface area contributed by atoms with E-state index in [9.17, 15) is 0 Å². The fraction of sp³-hybridized carbons (Fsp3) is 0.111. The quantitative estimate of drug-likeness (QED) is 0.120. The minimum Gasteiger partial charge on any atom is -0.497 e. The van der Waals surface area contributed by atoms with Crippen molar-refractivity contribution in [1.29, 1.82) is 0 Å². The third-order valence-electron chi connectivity index (χ3n) is 6.90. The number of thiophene rings is 2. The summed E-state index contributed by atoms with van der Waals surface area (Å²) in [7, 11) is 6.31. The van der Waals surface area contributed by atoms with Crippen molar-refractivity contribution in [1.82, 2.24) is 0 Å². The van der Waals surface area contributed by atoms with Crippen LogP contribution in [0.15, 0.2) is 158 Å². The van der Waals surface area contributed by atoms with Crippen molar-refractivity contribution in [2.24, 2.45) is 0 Å². The van der Waals surface area contributed by atoms with Gasteiger partial charge >= 0.3 is 0 Å². The second kappa shape index (κ2) is 14.7. The Kier molecular flexibility index (Phi) is 10.3. The molecule has 0 fully saturated rings. The van der Waals surface area contributed by atoms with Crippen LogP contribution < -0.4 is 18.9 Å². The molecule has 0 aliphatic heterocycles. The Hall–Kier alpha value is -3.47. The van der Waals surface area contributed by atoms with E-state index in [-0.39, 0.29) is 21.8 Å². The molecule has 2 heterocycles. The Bertz CT molecular complexity index is 1580. The summed E-state index contributed by atoms with van der Waals surface area (Å²) < 4.78 is 26.9. The molecule has 4 nitrogen and oxygen atoms in total. The molecule has 0 unspecified atom stereocenters. The van der Waals surface area contributed by atoms with Crippen LogP contribution in [0.3, 0.4) is 0 Å². The Morgan fingerprint density at radius 3 is 0.889 bits per heavy atom. The molecule has 6 rings (SSSR count). The Morgan fingerprint density at radius 1 is 0.378 bits per heavy atom. The third-order valence-corrected chi connectivity index (χ3v) is 15.5. The molecule has 2 aromatic heterocycles. The van der Waals surface area contributed by atoms with E-state index >= 15 is 0 Å². The van der Waals surface area contributed by atoms with Gasteiger partial charge in [0.05, 0.1) is 36.9 Å². The van der Waals surface area contributed by atoms with Crippen LogP contribution >= 0.6 is 34.4 Å². The van der Waals surface area contributed by atoms with Crippen molar-refractivity contribution >= 4 is 56.2 Å². The molecule has 0 spiro atoms. The fourth-order valence-corrected chi connectivity index (χ4v) is 13.8. The van der Waals surface area contributed by atoms with Crippen molar-refractivity contribution in [3.05, 3.63) is 121 Å². The summed E-state index contributed by atoms with van der Waals surface area (Å²) in [4.78, 5) is 5.00. The van der Waals surface area contributed by atoms with Crippen molar-refractivity contribution in [2.75, 3.05) is 28.4 Å². The lowest BCUT2D eigenvalue weighted by molar-refractivity contribution is 0.414. The lowest BCUT2D eigenvalue weighted by atomic mass is 10.3. The monoisotopic (exact) mass is 688 g/mol. The average molecular weight is 689 g/mol. The van der Waals surface area contributed by atoms with E-state index in [0.29, 0.717) is 0 Å². The van der Waals surface area contributed by atoms with Gasteiger partial charge in [0.15, 0.2) is 19.6 Å². The van der Waals surface area contributed by atoms with Crippen molar-refractivity contribution < 1.29 is 18.9 Å². The zero-order valence-electron chi connectivity index (χ0n) is 25.2. The molecule has 0 amide bonds. The van der Waals surface area contributed by atoms with Crippen LogP contribution in [0.25, 0.3) is 0 Å². The normalized spacial score (nSPS) is 11.2. The molecule has 4 aromatic carbocycles. The van der Waals surface area contributed by atoms with E-state index in [0.717, 1.165) is 23.0 Å². The number of hydrogen-bond acceptors (Lipinski definition) is 7. The molecule has 0 bridgehead atoms. The summed E-state index contributed by atoms with van der Waals surface area (Å²) in [5.41, 5.74) is 0. The average Bonchev–Trinajstić information content (AvgIpc) is 3.76. The maximum Gasteiger partial charge on any atom is 0.221 e. The first-order valence-corrected chi connectivity index (χ1v) is 18.9. The molecule has 45 heavy (non-hydrogen) atoms. The van der Waals surface area contributed by atoms with Gasteiger partial charge in [-0.3, -0.25) is 0 Å². The predicted molar refractivity (Wildman–Crippen MR) is 189 cm³/mol. The van der Waals surface area contributed by atoms with E-state index in [1.54, 1.807) is 28.4 Å². The van der Waals surface area contributed by atoms with E-state index in [4.69, 9.17) is 18.9 Å². The van der Waals surface area contributed by atoms with Crippen LogP contribution in [0.4, 0.5) is 0 Å². The van der Waals surface area contributed by atoms with Gasteiger partial charge in [0.2, 0.25) is 8.42 Å². The molecule has 0 saturated heterocycles. The second-order valence-corrected chi connectivity index (χ2v) is 17.8. The maximum atomic E-state index is 5.43. The Balaban J connectivity index is 1.29. The molecular formula is C36H32O4S5+2. The van der Waals surface area contributed by atoms with E-state index < -0.39 is 0 Å². The summed E-state index contributed by atoms with van der Waals surface area (Å²) in [5.74, 6) is 3.43. The first-order chi connectivity index (χ1) is 22.1. The number of benzene rings is 4. The highest BCUT2D eigenvalue weighted by atomic mass is 32.2. The van der Waals surface area contributed by atoms with Crippen molar-refractivity contribution in [3.63, 3.8) is 0 Å². The summed E-state index contributed by atoms with van der Waals surface area (Å²) >= 11 is 5.55. The summed E-state index contributed by atoms with van der Waals surface area (Å²) in [6, 6.07) is 42.7. The van der Waals surface area contributed by atoms with Gasteiger partial charge in [0.1, 0.15) is 44.8 Å². The molecule has 0 aliphatic rings. The van der Waals surface area contributed by atoms with Crippen LogP contribution in [0.1, 0.15) is 0 Å². The minimum atomic E-state index is -0.252. The largest absolute Gasteiger partial charge is 0.497 e. The standard InChI is InChI=1S/C36H32O4S5/c1-37-25-5-13-29(14-6-25)44(30-15-7-26(38-2)8-16-30)35-23-21-33(42-35)41-34-22-24-36(43-34)45(31-17-9-27(39-3)10-18-31)32-19-11-28(40-4)12-20-32/h5-24H,1-4H3/q+2. The van der Waals surface area contributed by atoms with E-state index in [1.165, 1.54) is 36.4 Å². The number of methoxy groups -OCH3 is 4. The first-order valence-electron chi connectivity index (χ1n) is 14.0. The van der Waals surface area contributed by atoms with Gasteiger partial charge in [-0.1, -0.05) is 34.4 Å². The summed E-state index contributed by atoms with van der Waals surface area (Å²) in [5, 5.41) is 0. The van der Waals surface area contributed by atoms with Gasteiger partial charge in [-0.25, -0.2) is 0 Å². The predicted octanol–water partition coefficient (Wildman–Crippen LogP) is 10.2. The Morgan fingerprint density at radius 2 is 0.644 bits per heavy atom. The molecule has 6 aromatic rings. The molecular weight excluding hydrogens is 657 g/mol. The fourth-order valence-electron chi connectivity index (χ4n) is 4.62. The van der Waals surface area contributed by atoms with Gasteiger partial charge < -0.3 is 18.9 Å². The molecule has 0 N–H and O–H groups in total. The van der Waals surface area contributed by atoms with Crippen LogP contribution in [-0.2, 0) is 21.8 Å². The highest BCUT2D eigenvalue weighted by Gasteiger charge is 2.33. The molecule has 0 radical (unpaired) electrons. The van der Waals surface area contributed by atoms with Gasteiger partial charge in [-0.05, 0) is 109 Å². The first kappa shape index (κ1) is 31.5. The summed E-state index contributed by atoms with van der Waals surface area (Å²) in [6.07, 6.45) is 0. The molecule has 0 saturated carbocycles. The topological polar surface area (TPSA) is 36.9 Å². The highest BCUT2D eigenvalue weighted by Crippen LogP contribution is 2.45. The van der Waals surface area contributed by atoms with Crippen LogP contribution in [-0.4, -0.2) is 28.4 Å². The Labute approximate surface area is 282 Å². The van der Waals surface area contributed by atoms with Crippen molar-refractivity contribution in [2.45, 2.75) is 36.4 Å². The van der Waals surface area contributed by atoms with Gasteiger partial charge in [0.25, 0.3) is 0 Å². The van der Waals surface area contributed by atoms with Crippen LogP contribution in [0, 0.1) is 0 Å². The zero-order valence-corrected chi connectivity index (χ0v) is 29.3.